The highest BCUT2D eigenvalue weighted by atomic mass is 35.5. The second-order valence-electron chi connectivity index (χ2n) is 4.10. The Labute approximate surface area is 116 Å². The third-order valence-electron chi connectivity index (χ3n) is 2.78. The topological polar surface area (TPSA) is 76.9 Å². The zero-order valence-corrected chi connectivity index (χ0v) is 11.3. The molecule has 0 fully saturated rings. The molecule has 1 aromatic heterocycles. The van der Waals surface area contributed by atoms with Gasteiger partial charge in [0, 0.05) is 30.9 Å². The van der Waals surface area contributed by atoms with E-state index >= 15 is 0 Å². The maximum Gasteiger partial charge on any atom is 0.124 e. The van der Waals surface area contributed by atoms with E-state index in [9.17, 15) is 0 Å². The van der Waals surface area contributed by atoms with Crippen LogP contribution in [0.15, 0.2) is 30.5 Å². The van der Waals surface area contributed by atoms with Crippen LogP contribution in [0.1, 0.15) is 11.3 Å². The van der Waals surface area contributed by atoms with Gasteiger partial charge in [-0.25, -0.2) is 0 Å². The molecule has 0 saturated carbocycles. The Morgan fingerprint density at radius 1 is 1.47 bits per heavy atom. The van der Waals surface area contributed by atoms with Crippen molar-refractivity contribution in [2.45, 2.75) is 6.42 Å². The standard InChI is InChI=1S/C13H15ClN4O/c1-18-9(4-6-17-18)5-7-19-10-2-3-11(13(15)16)12(14)8-10/h2-4,6,8H,5,7H2,1H3,(H3,15,16). The lowest BCUT2D eigenvalue weighted by molar-refractivity contribution is 0.318. The summed E-state index contributed by atoms with van der Waals surface area (Å²) in [4.78, 5) is 0. The molecule has 0 radical (unpaired) electrons. The molecule has 0 aliphatic carbocycles. The van der Waals surface area contributed by atoms with Gasteiger partial charge in [-0.1, -0.05) is 11.6 Å². The lowest BCUT2D eigenvalue weighted by atomic mass is 10.2. The molecule has 5 nitrogen and oxygen atoms in total. The molecule has 0 amide bonds. The number of aromatic nitrogens is 2. The van der Waals surface area contributed by atoms with Crippen LogP contribution in [0.4, 0.5) is 0 Å². The summed E-state index contributed by atoms with van der Waals surface area (Å²) in [5.74, 6) is 0.614. The quantitative estimate of drug-likeness (QED) is 0.648. The molecule has 2 aromatic rings. The van der Waals surface area contributed by atoms with Crippen LogP contribution >= 0.6 is 11.6 Å². The minimum atomic E-state index is -0.0496. The zero-order chi connectivity index (χ0) is 13.8. The van der Waals surface area contributed by atoms with Crippen molar-refractivity contribution in [3.05, 3.63) is 46.7 Å². The van der Waals surface area contributed by atoms with Gasteiger partial charge in [-0.3, -0.25) is 10.1 Å². The normalized spacial score (nSPS) is 10.4. The fourth-order valence-corrected chi connectivity index (χ4v) is 2.00. The largest absolute Gasteiger partial charge is 0.493 e. The summed E-state index contributed by atoms with van der Waals surface area (Å²) < 4.78 is 7.43. The van der Waals surface area contributed by atoms with E-state index < -0.39 is 0 Å². The third-order valence-corrected chi connectivity index (χ3v) is 3.09. The molecule has 0 bridgehead atoms. The predicted molar refractivity (Wildman–Crippen MR) is 74.9 cm³/mol. The van der Waals surface area contributed by atoms with E-state index in [1.807, 2.05) is 17.8 Å². The summed E-state index contributed by atoms with van der Waals surface area (Å²) in [7, 11) is 1.90. The first-order valence-electron chi connectivity index (χ1n) is 5.81. The van der Waals surface area contributed by atoms with Crippen molar-refractivity contribution in [3.63, 3.8) is 0 Å². The molecule has 0 atom stereocenters. The Morgan fingerprint density at radius 2 is 2.26 bits per heavy atom. The highest BCUT2D eigenvalue weighted by Crippen LogP contribution is 2.22. The SMILES string of the molecule is Cn1nccc1CCOc1ccc(C(=N)N)c(Cl)c1. The van der Waals surface area contributed by atoms with E-state index in [-0.39, 0.29) is 5.84 Å². The van der Waals surface area contributed by atoms with Crippen molar-refractivity contribution in [2.75, 3.05) is 6.61 Å². The summed E-state index contributed by atoms with van der Waals surface area (Å²) in [5.41, 5.74) is 7.01. The van der Waals surface area contributed by atoms with E-state index in [0.717, 1.165) is 12.1 Å². The molecule has 0 unspecified atom stereocenters. The summed E-state index contributed by atoms with van der Waals surface area (Å²) >= 11 is 6.01. The number of nitrogens with zero attached hydrogens (tertiary/aromatic N) is 2. The van der Waals surface area contributed by atoms with Crippen LogP contribution in [-0.2, 0) is 13.5 Å². The lowest BCUT2D eigenvalue weighted by Gasteiger charge is -2.08. The summed E-state index contributed by atoms with van der Waals surface area (Å²) in [6.45, 7) is 0.537. The van der Waals surface area contributed by atoms with Crippen molar-refractivity contribution in [2.24, 2.45) is 12.8 Å². The molecule has 1 heterocycles. The molecule has 0 spiro atoms. The van der Waals surface area contributed by atoms with Crippen molar-refractivity contribution >= 4 is 17.4 Å². The average molecular weight is 279 g/mol. The fourth-order valence-electron chi connectivity index (χ4n) is 1.72. The molecule has 0 aliphatic rings. The Hall–Kier alpha value is -2.01. The maximum atomic E-state index is 7.35. The first-order valence-corrected chi connectivity index (χ1v) is 6.19. The van der Waals surface area contributed by atoms with Gasteiger partial charge in [0.2, 0.25) is 0 Å². The number of aryl methyl sites for hydroxylation is 1. The summed E-state index contributed by atoms with van der Waals surface area (Å²) in [5, 5.41) is 11.9. The highest BCUT2D eigenvalue weighted by molar-refractivity contribution is 6.34. The average Bonchev–Trinajstić information content (AvgIpc) is 2.75. The number of nitrogens with one attached hydrogen (secondary N) is 1. The summed E-state index contributed by atoms with van der Waals surface area (Å²) in [6, 6.07) is 7.06. The Bertz CT molecular complexity index is 594. The van der Waals surface area contributed by atoms with Gasteiger partial charge in [0.15, 0.2) is 0 Å². The fraction of sp³-hybridized carbons (Fsp3) is 0.231. The van der Waals surface area contributed by atoms with Gasteiger partial charge < -0.3 is 10.5 Å². The Balaban J connectivity index is 1.95. The molecular weight excluding hydrogens is 264 g/mol. The molecule has 0 saturated heterocycles. The van der Waals surface area contributed by atoms with Gasteiger partial charge in [-0.15, -0.1) is 0 Å². The monoisotopic (exact) mass is 278 g/mol. The number of nitrogens with two attached hydrogens (primary N) is 1. The minimum absolute atomic E-state index is 0.0496. The smallest absolute Gasteiger partial charge is 0.124 e. The molecule has 0 aliphatic heterocycles. The number of rotatable bonds is 5. The van der Waals surface area contributed by atoms with Crippen LogP contribution in [0.3, 0.4) is 0 Å². The van der Waals surface area contributed by atoms with Crippen LogP contribution < -0.4 is 10.5 Å². The lowest BCUT2D eigenvalue weighted by Crippen LogP contribution is -2.11. The van der Waals surface area contributed by atoms with Crippen LogP contribution in [-0.4, -0.2) is 22.2 Å². The van der Waals surface area contributed by atoms with Crippen LogP contribution in [0, 0.1) is 5.41 Å². The number of benzene rings is 1. The minimum Gasteiger partial charge on any atom is -0.493 e. The number of halogens is 1. The van der Waals surface area contributed by atoms with Crippen LogP contribution in [0.25, 0.3) is 0 Å². The van der Waals surface area contributed by atoms with Crippen LogP contribution in [0.2, 0.25) is 5.02 Å². The van der Waals surface area contributed by atoms with Gasteiger partial charge in [-0.05, 0) is 24.3 Å². The van der Waals surface area contributed by atoms with Gasteiger partial charge in [0.25, 0.3) is 0 Å². The van der Waals surface area contributed by atoms with Crippen molar-refractivity contribution in [1.29, 1.82) is 5.41 Å². The second-order valence-corrected chi connectivity index (χ2v) is 4.51. The number of hydrogen-bond donors (Lipinski definition) is 2. The number of ether oxygens (including phenoxy) is 1. The van der Waals surface area contributed by atoms with E-state index in [1.54, 1.807) is 24.4 Å². The van der Waals surface area contributed by atoms with E-state index in [1.165, 1.54) is 0 Å². The second kappa shape index (κ2) is 5.75. The maximum absolute atomic E-state index is 7.35. The first kappa shape index (κ1) is 13.4. The van der Waals surface area contributed by atoms with Crippen LogP contribution in [0.5, 0.6) is 5.75 Å². The third kappa shape index (κ3) is 3.26. The van der Waals surface area contributed by atoms with Crippen molar-refractivity contribution < 1.29 is 4.74 Å². The molecular formula is C13H15ClN4O. The van der Waals surface area contributed by atoms with Gasteiger partial charge in [-0.2, -0.15) is 5.10 Å². The predicted octanol–water partition coefficient (Wildman–Crippen LogP) is 1.98. The number of nitrogen functional groups attached to an aromatic ring is 1. The molecule has 2 rings (SSSR count). The molecule has 6 heteroatoms. The highest BCUT2D eigenvalue weighted by Gasteiger charge is 2.05. The Morgan fingerprint density at radius 3 is 2.84 bits per heavy atom. The van der Waals surface area contributed by atoms with Crippen molar-refractivity contribution in [1.82, 2.24) is 9.78 Å². The van der Waals surface area contributed by atoms with Gasteiger partial charge >= 0.3 is 0 Å². The van der Waals surface area contributed by atoms with Gasteiger partial charge in [0.1, 0.15) is 11.6 Å². The van der Waals surface area contributed by atoms with E-state index in [4.69, 9.17) is 27.5 Å². The van der Waals surface area contributed by atoms with E-state index in [2.05, 4.69) is 5.10 Å². The van der Waals surface area contributed by atoms with Crippen molar-refractivity contribution in [3.8, 4) is 5.75 Å². The summed E-state index contributed by atoms with van der Waals surface area (Å²) in [6.07, 6.45) is 2.52. The van der Waals surface area contributed by atoms with E-state index in [0.29, 0.717) is 22.9 Å². The molecule has 1 aromatic carbocycles. The Kier molecular flexibility index (Phi) is 4.06. The number of hydrogen-bond acceptors (Lipinski definition) is 3. The molecule has 19 heavy (non-hydrogen) atoms. The zero-order valence-electron chi connectivity index (χ0n) is 10.6. The molecule has 100 valence electrons. The first-order chi connectivity index (χ1) is 9.08. The number of amidine groups is 1. The van der Waals surface area contributed by atoms with Gasteiger partial charge in [0.05, 0.1) is 11.6 Å². The molecule has 3 N–H and O–H groups in total.